The normalized spacial score (nSPS) is 29.2. The summed E-state index contributed by atoms with van der Waals surface area (Å²) in [5.41, 5.74) is 4.41. The van der Waals surface area contributed by atoms with Crippen LogP contribution in [0.4, 0.5) is 0 Å². The number of aryl methyl sites for hydroxylation is 2. The molecule has 1 aliphatic carbocycles. The van der Waals surface area contributed by atoms with Crippen LogP contribution in [0.3, 0.4) is 0 Å². The van der Waals surface area contributed by atoms with Gasteiger partial charge in [0.1, 0.15) is 0 Å². The van der Waals surface area contributed by atoms with Crippen LogP contribution in [0.5, 0.6) is 0 Å². The molecule has 1 aromatic carbocycles. The predicted octanol–water partition coefficient (Wildman–Crippen LogP) is 4.64. The fourth-order valence-electron chi connectivity index (χ4n) is 3.83. The highest BCUT2D eigenvalue weighted by Gasteiger charge is 2.31. The van der Waals surface area contributed by atoms with E-state index in [1.54, 1.807) is 0 Å². The molecule has 0 aromatic heterocycles. The van der Waals surface area contributed by atoms with E-state index in [1.807, 2.05) is 0 Å². The summed E-state index contributed by atoms with van der Waals surface area (Å²) >= 11 is 0. The summed E-state index contributed by atoms with van der Waals surface area (Å²) < 4.78 is 0. The van der Waals surface area contributed by atoms with E-state index in [2.05, 4.69) is 58.3 Å². The van der Waals surface area contributed by atoms with Crippen molar-refractivity contribution in [3.63, 3.8) is 0 Å². The lowest BCUT2D eigenvalue weighted by Gasteiger charge is -2.38. The summed E-state index contributed by atoms with van der Waals surface area (Å²) in [4.78, 5) is 0. The van der Waals surface area contributed by atoms with Crippen molar-refractivity contribution < 1.29 is 0 Å². The summed E-state index contributed by atoms with van der Waals surface area (Å²) in [6.45, 7) is 9.34. The van der Waals surface area contributed by atoms with Crippen LogP contribution in [-0.2, 0) is 0 Å². The van der Waals surface area contributed by atoms with Gasteiger partial charge in [-0.3, -0.25) is 0 Å². The highest BCUT2D eigenvalue weighted by molar-refractivity contribution is 5.36. The molecule has 0 bridgehead atoms. The Balaban J connectivity index is 2.25. The minimum atomic E-state index is 0.524. The molecule has 2 rings (SSSR count). The lowest BCUT2D eigenvalue weighted by Crippen LogP contribution is -2.32. The third-order valence-corrected chi connectivity index (χ3v) is 5.27. The van der Waals surface area contributed by atoms with Gasteiger partial charge in [-0.05, 0) is 68.2 Å². The molecular formula is C18H29N. The molecule has 0 spiro atoms. The Hall–Kier alpha value is -0.820. The summed E-state index contributed by atoms with van der Waals surface area (Å²) in [5, 5.41) is 3.61. The second-order valence-electron chi connectivity index (χ2n) is 6.60. The Labute approximate surface area is 118 Å². The third kappa shape index (κ3) is 3.02. The second-order valence-corrected chi connectivity index (χ2v) is 6.60. The first kappa shape index (κ1) is 14.6. The Morgan fingerprint density at radius 1 is 1.05 bits per heavy atom. The highest BCUT2D eigenvalue weighted by Crippen LogP contribution is 2.41. The molecular weight excluding hydrogens is 230 g/mol. The maximum absolute atomic E-state index is 3.61. The standard InChI is InChI=1S/C18H29N/c1-12-9-10-16(11-15(12)4)18(19-5)17-13(2)7-6-8-14(17)3/h6-8,12,15-16,18-19H,9-11H2,1-5H3. The minimum absolute atomic E-state index is 0.524. The van der Waals surface area contributed by atoms with E-state index in [1.165, 1.54) is 36.0 Å². The quantitative estimate of drug-likeness (QED) is 0.834. The van der Waals surface area contributed by atoms with Crippen LogP contribution in [0.2, 0.25) is 0 Å². The fraction of sp³-hybridized carbons (Fsp3) is 0.667. The van der Waals surface area contributed by atoms with Gasteiger partial charge in [0, 0.05) is 6.04 Å². The minimum Gasteiger partial charge on any atom is -0.313 e. The fourth-order valence-corrected chi connectivity index (χ4v) is 3.83. The average molecular weight is 259 g/mol. The van der Waals surface area contributed by atoms with Crippen molar-refractivity contribution in [1.29, 1.82) is 0 Å². The molecule has 0 radical (unpaired) electrons. The topological polar surface area (TPSA) is 12.0 Å². The first-order valence-corrected chi connectivity index (χ1v) is 7.78. The maximum Gasteiger partial charge on any atom is 0.0351 e. The zero-order chi connectivity index (χ0) is 14.0. The molecule has 106 valence electrons. The highest BCUT2D eigenvalue weighted by atomic mass is 14.9. The van der Waals surface area contributed by atoms with Crippen LogP contribution in [-0.4, -0.2) is 7.05 Å². The second kappa shape index (κ2) is 6.09. The van der Waals surface area contributed by atoms with Crippen LogP contribution in [0.1, 0.15) is 55.8 Å². The van der Waals surface area contributed by atoms with Gasteiger partial charge in [0.2, 0.25) is 0 Å². The van der Waals surface area contributed by atoms with Crippen LogP contribution >= 0.6 is 0 Å². The average Bonchev–Trinajstić information content (AvgIpc) is 2.37. The van der Waals surface area contributed by atoms with E-state index in [4.69, 9.17) is 0 Å². The molecule has 1 aliphatic rings. The van der Waals surface area contributed by atoms with E-state index >= 15 is 0 Å². The molecule has 19 heavy (non-hydrogen) atoms. The van der Waals surface area contributed by atoms with Crippen LogP contribution < -0.4 is 5.32 Å². The molecule has 1 saturated carbocycles. The number of benzene rings is 1. The van der Waals surface area contributed by atoms with Crippen LogP contribution in [0.15, 0.2) is 18.2 Å². The van der Waals surface area contributed by atoms with Crippen molar-refractivity contribution >= 4 is 0 Å². The van der Waals surface area contributed by atoms with Crippen molar-refractivity contribution in [2.75, 3.05) is 7.05 Å². The molecule has 0 aliphatic heterocycles. The van der Waals surface area contributed by atoms with Gasteiger partial charge in [-0.25, -0.2) is 0 Å². The summed E-state index contributed by atoms with van der Waals surface area (Å²) in [7, 11) is 2.12. The van der Waals surface area contributed by atoms with E-state index in [0.29, 0.717) is 6.04 Å². The Morgan fingerprint density at radius 2 is 1.68 bits per heavy atom. The van der Waals surface area contributed by atoms with Gasteiger partial charge in [0.15, 0.2) is 0 Å². The number of hydrogen-bond donors (Lipinski definition) is 1. The van der Waals surface area contributed by atoms with E-state index in [-0.39, 0.29) is 0 Å². The summed E-state index contributed by atoms with van der Waals surface area (Å²) in [5.74, 6) is 2.54. The van der Waals surface area contributed by atoms with E-state index in [9.17, 15) is 0 Å². The first-order valence-electron chi connectivity index (χ1n) is 7.78. The van der Waals surface area contributed by atoms with Gasteiger partial charge in [-0.2, -0.15) is 0 Å². The zero-order valence-corrected chi connectivity index (χ0v) is 13.2. The zero-order valence-electron chi connectivity index (χ0n) is 13.2. The monoisotopic (exact) mass is 259 g/mol. The molecule has 0 heterocycles. The van der Waals surface area contributed by atoms with Crippen molar-refractivity contribution in [2.45, 2.75) is 53.0 Å². The van der Waals surface area contributed by atoms with Crippen molar-refractivity contribution in [2.24, 2.45) is 17.8 Å². The lowest BCUT2D eigenvalue weighted by atomic mass is 9.71. The molecule has 1 heteroatoms. The van der Waals surface area contributed by atoms with Crippen molar-refractivity contribution in [3.8, 4) is 0 Å². The van der Waals surface area contributed by atoms with Crippen LogP contribution in [0.25, 0.3) is 0 Å². The van der Waals surface area contributed by atoms with Gasteiger partial charge in [-0.1, -0.05) is 38.5 Å². The molecule has 0 saturated heterocycles. The predicted molar refractivity (Wildman–Crippen MR) is 83.4 cm³/mol. The van der Waals surface area contributed by atoms with E-state index < -0.39 is 0 Å². The Morgan fingerprint density at radius 3 is 2.21 bits per heavy atom. The smallest absolute Gasteiger partial charge is 0.0351 e. The van der Waals surface area contributed by atoms with Gasteiger partial charge in [-0.15, -0.1) is 0 Å². The first-order chi connectivity index (χ1) is 9.04. The largest absolute Gasteiger partial charge is 0.313 e. The molecule has 1 aromatic rings. The van der Waals surface area contributed by atoms with Crippen LogP contribution in [0, 0.1) is 31.6 Å². The molecule has 1 fully saturated rings. The lowest BCUT2D eigenvalue weighted by molar-refractivity contribution is 0.174. The maximum atomic E-state index is 3.61. The molecule has 4 atom stereocenters. The molecule has 1 nitrogen and oxygen atoms in total. The number of hydrogen-bond acceptors (Lipinski definition) is 1. The Kier molecular flexibility index (Phi) is 4.67. The summed E-state index contributed by atoms with van der Waals surface area (Å²) in [6.07, 6.45) is 4.11. The number of nitrogens with one attached hydrogen (secondary N) is 1. The number of rotatable bonds is 3. The van der Waals surface area contributed by atoms with Gasteiger partial charge in [0.05, 0.1) is 0 Å². The summed E-state index contributed by atoms with van der Waals surface area (Å²) in [6, 6.07) is 7.20. The molecule has 1 N–H and O–H groups in total. The van der Waals surface area contributed by atoms with Crippen molar-refractivity contribution in [1.82, 2.24) is 5.32 Å². The SMILES string of the molecule is CNC(c1c(C)cccc1C)C1CCC(C)C(C)C1. The Bertz CT molecular complexity index is 403. The van der Waals surface area contributed by atoms with Crippen molar-refractivity contribution in [3.05, 3.63) is 34.9 Å². The van der Waals surface area contributed by atoms with Gasteiger partial charge >= 0.3 is 0 Å². The van der Waals surface area contributed by atoms with Gasteiger partial charge in [0.25, 0.3) is 0 Å². The molecule has 0 amide bonds. The molecule has 4 unspecified atom stereocenters. The van der Waals surface area contributed by atoms with Gasteiger partial charge < -0.3 is 5.32 Å². The third-order valence-electron chi connectivity index (χ3n) is 5.27. The van der Waals surface area contributed by atoms with E-state index in [0.717, 1.165) is 17.8 Å².